The third-order valence-corrected chi connectivity index (χ3v) is 5.35. The van der Waals surface area contributed by atoms with Crippen molar-refractivity contribution in [3.63, 3.8) is 0 Å². The molecule has 1 heterocycles. The van der Waals surface area contributed by atoms with Crippen molar-refractivity contribution >= 4 is 27.5 Å². The van der Waals surface area contributed by atoms with E-state index in [4.69, 9.17) is 0 Å². The first-order chi connectivity index (χ1) is 6.88. The summed E-state index contributed by atoms with van der Waals surface area (Å²) in [4.78, 5) is 14.1. The van der Waals surface area contributed by atoms with Crippen LogP contribution in [0.25, 0.3) is 0 Å². The number of hydrogen-bond acceptors (Lipinski definition) is 3. The standard InChI is InChI=1S/C10H17NOS2/c12-10(9-3-1-2-4-9)11-5-7-13-14-8-6-11/h9H,1-8H2. The van der Waals surface area contributed by atoms with E-state index in [2.05, 4.69) is 4.90 Å². The molecule has 0 atom stereocenters. The molecule has 2 rings (SSSR count). The van der Waals surface area contributed by atoms with E-state index in [1.165, 1.54) is 12.8 Å². The van der Waals surface area contributed by atoms with Crippen molar-refractivity contribution in [3.8, 4) is 0 Å². The van der Waals surface area contributed by atoms with Crippen molar-refractivity contribution in [2.24, 2.45) is 5.92 Å². The minimum Gasteiger partial charge on any atom is -0.341 e. The zero-order chi connectivity index (χ0) is 9.80. The van der Waals surface area contributed by atoms with Crippen molar-refractivity contribution in [3.05, 3.63) is 0 Å². The Morgan fingerprint density at radius 1 is 1.07 bits per heavy atom. The molecule has 0 bridgehead atoms. The molecule has 0 radical (unpaired) electrons. The number of carbonyl (C=O) groups is 1. The van der Waals surface area contributed by atoms with Gasteiger partial charge in [0.15, 0.2) is 0 Å². The van der Waals surface area contributed by atoms with Crippen molar-refractivity contribution in [1.29, 1.82) is 0 Å². The first kappa shape index (κ1) is 10.7. The van der Waals surface area contributed by atoms with Gasteiger partial charge in [-0.3, -0.25) is 4.79 Å². The Morgan fingerprint density at radius 2 is 1.64 bits per heavy atom. The van der Waals surface area contributed by atoms with Gasteiger partial charge in [0.05, 0.1) is 0 Å². The third-order valence-electron chi connectivity index (χ3n) is 2.99. The minimum atomic E-state index is 0.364. The highest BCUT2D eigenvalue weighted by Crippen LogP contribution is 2.29. The van der Waals surface area contributed by atoms with Gasteiger partial charge in [0.1, 0.15) is 0 Å². The predicted molar refractivity (Wildman–Crippen MR) is 63.5 cm³/mol. The molecular weight excluding hydrogens is 214 g/mol. The monoisotopic (exact) mass is 231 g/mol. The predicted octanol–water partition coefficient (Wildman–Crippen LogP) is 2.40. The van der Waals surface area contributed by atoms with Gasteiger partial charge in [-0.15, -0.1) is 0 Å². The van der Waals surface area contributed by atoms with Crippen LogP contribution in [0, 0.1) is 5.92 Å². The molecule has 1 aliphatic carbocycles. The van der Waals surface area contributed by atoms with Crippen molar-refractivity contribution in [1.82, 2.24) is 4.90 Å². The van der Waals surface area contributed by atoms with Gasteiger partial charge in [-0.05, 0) is 12.8 Å². The summed E-state index contributed by atoms with van der Waals surface area (Å²) in [7, 11) is 3.80. The first-order valence-electron chi connectivity index (χ1n) is 5.41. The Bertz CT molecular complexity index is 196. The second-order valence-corrected chi connectivity index (χ2v) is 6.65. The summed E-state index contributed by atoms with van der Waals surface area (Å²) >= 11 is 0. The number of carbonyl (C=O) groups excluding carboxylic acids is 1. The Balaban J connectivity index is 1.88. The van der Waals surface area contributed by atoms with E-state index >= 15 is 0 Å². The van der Waals surface area contributed by atoms with Gasteiger partial charge >= 0.3 is 0 Å². The van der Waals surface area contributed by atoms with Gasteiger partial charge in [-0.25, -0.2) is 0 Å². The van der Waals surface area contributed by atoms with Gasteiger partial charge in [0.25, 0.3) is 0 Å². The molecule has 0 spiro atoms. The topological polar surface area (TPSA) is 20.3 Å². The highest BCUT2D eigenvalue weighted by Gasteiger charge is 2.27. The maximum absolute atomic E-state index is 12.1. The fraction of sp³-hybridized carbons (Fsp3) is 0.900. The van der Waals surface area contributed by atoms with Crippen LogP contribution in [0.4, 0.5) is 0 Å². The molecule has 14 heavy (non-hydrogen) atoms. The SMILES string of the molecule is O=C(C1CCCC1)N1CCSSCC1. The Labute approximate surface area is 93.6 Å². The smallest absolute Gasteiger partial charge is 0.225 e. The molecule has 0 aromatic carbocycles. The Kier molecular flexibility index (Phi) is 4.05. The maximum Gasteiger partial charge on any atom is 0.225 e. The molecule has 1 saturated heterocycles. The van der Waals surface area contributed by atoms with Gasteiger partial charge < -0.3 is 4.90 Å². The van der Waals surface area contributed by atoms with Gasteiger partial charge in [0.2, 0.25) is 5.91 Å². The molecular formula is C10H17NOS2. The molecule has 0 aromatic heterocycles. The van der Waals surface area contributed by atoms with Crippen LogP contribution in [0.1, 0.15) is 25.7 Å². The molecule has 2 aliphatic rings. The third kappa shape index (κ3) is 2.60. The van der Waals surface area contributed by atoms with E-state index in [0.29, 0.717) is 11.8 Å². The lowest BCUT2D eigenvalue weighted by Gasteiger charge is -2.23. The number of rotatable bonds is 1. The van der Waals surface area contributed by atoms with E-state index in [1.54, 1.807) is 0 Å². The summed E-state index contributed by atoms with van der Waals surface area (Å²) < 4.78 is 0. The lowest BCUT2D eigenvalue weighted by molar-refractivity contribution is -0.134. The van der Waals surface area contributed by atoms with Crippen LogP contribution in [-0.2, 0) is 4.79 Å². The van der Waals surface area contributed by atoms with Crippen LogP contribution in [0.15, 0.2) is 0 Å². The highest BCUT2D eigenvalue weighted by molar-refractivity contribution is 8.76. The average Bonchev–Trinajstić information content (AvgIpc) is 2.59. The Morgan fingerprint density at radius 3 is 2.21 bits per heavy atom. The summed E-state index contributed by atoms with van der Waals surface area (Å²) in [5, 5.41) is 0. The van der Waals surface area contributed by atoms with Crippen molar-refractivity contribution in [2.75, 3.05) is 24.6 Å². The minimum absolute atomic E-state index is 0.364. The normalized spacial score (nSPS) is 25.0. The zero-order valence-corrected chi connectivity index (χ0v) is 10.0. The number of amides is 1. The summed E-state index contributed by atoms with van der Waals surface area (Å²) in [6.45, 7) is 1.93. The molecule has 4 heteroatoms. The van der Waals surface area contributed by atoms with Gasteiger partial charge in [-0.2, -0.15) is 0 Å². The largest absolute Gasteiger partial charge is 0.341 e. The maximum atomic E-state index is 12.1. The van der Waals surface area contributed by atoms with E-state index in [9.17, 15) is 4.79 Å². The van der Waals surface area contributed by atoms with E-state index < -0.39 is 0 Å². The molecule has 0 aromatic rings. The summed E-state index contributed by atoms with van der Waals surface area (Å²) in [5.41, 5.74) is 0. The lowest BCUT2D eigenvalue weighted by Crippen LogP contribution is -2.37. The van der Waals surface area contributed by atoms with Crippen LogP contribution >= 0.6 is 21.6 Å². The highest BCUT2D eigenvalue weighted by atomic mass is 33.1. The van der Waals surface area contributed by atoms with Crippen LogP contribution in [0.3, 0.4) is 0 Å². The quantitative estimate of drug-likeness (QED) is 0.646. The molecule has 0 N–H and O–H groups in total. The van der Waals surface area contributed by atoms with E-state index in [-0.39, 0.29) is 0 Å². The van der Waals surface area contributed by atoms with Crippen molar-refractivity contribution < 1.29 is 4.79 Å². The second-order valence-electron chi connectivity index (χ2n) is 3.95. The molecule has 1 saturated carbocycles. The molecule has 2 nitrogen and oxygen atoms in total. The fourth-order valence-electron chi connectivity index (χ4n) is 2.18. The second kappa shape index (κ2) is 5.31. The summed E-state index contributed by atoms with van der Waals surface area (Å²) in [6.07, 6.45) is 4.78. The van der Waals surface area contributed by atoms with Crippen LogP contribution in [-0.4, -0.2) is 35.4 Å². The molecule has 2 fully saturated rings. The van der Waals surface area contributed by atoms with E-state index in [0.717, 1.165) is 37.4 Å². The van der Waals surface area contributed by atoms with Crippen LogP contribution < -0.4 is 0 Å². The van der Waals surface area contributed by atoms with Crippen LogP contribution in [0.5, 0.6) is 0 Å². The molecule has 1 aliphatic heterocycles. The first-order valence-corrected chi connectivity index (χ1v) is 7.90. The van der Waals surface area contributed by atoms with Gasteiger partial charge in [0, 0.05) is 30.5 Å². The summed E-state index contributed by atoms with van der Waals surface area (Å²) in [5.74, 6) is 3.00. The number of hydrogen-bond donors (Lipinski definition) is 0. The lowest BCUT2D eigenvalue weighted by atomic mass is 10.1. The van der Waals surface area contributed by atoms with Crippen molar-refractivity contribution in [2.45, 2.75) is 25.7 Å². The summed E-state index contributed by atoms with van der Waals surface area (Å²) in [6, 6.07) is 0. The van der Waals surface area contributed by atoms with E-state index in [1.807, 2.05) is 21.6 Å². The van der Waals surface area contributed by atoms with Gasteiger partial charge in [-0.1, -0.05) is 34.4 Å². The number of nitrogens with zero attached hydrogens (tertiary/aromatic N) is 1. The fourth-order valence-corrected chi connectivity index (χ4v) is 4.16. The molecule has 1 amide bonds. The molecule has 80 valence electrons. The zero-order valence-electron chi connectivity index (χ0n) is 8.41. The molecule has 0 unspecified atom stereocenters. The Hall–Kier alpha value is 0.170. The average molecular weight is 231 g/mol. The van der Waals surface area contributed by atoms with Crippen LogP contribution in [0.2, 0.25) is 0 Å².